The summed E-state index contributed by atoms with van der Waals surface area (Å²) in [5.41, 5.74) is 1.16. The van der Waals surface area contributed by atoms with Crippen LogP contribution in [-0.4, -0.2) is 14.5 Å². The molecule has 1 atom stereocenters. The lowest BCUT2D eigenvalue weighted by molar-refractivity contribution is 0.0798. The minimum atomic E-state index is -0.293. The lowest BCUT2D eigenvalue weighted by Crippen LogP contribution is -2.18. The summed E-state index contributed by atoms with van der Waals surface area (Å²) < 4.78 is 2.14. The lowest BCUT2D eigenvalue weighted by Gasteiger charge is -2.27. The summed E-state index contributed by atoms with van der Waals surface area (Å²) in [7, 11) is 0. The van der Waals surface area contributed by atoms with E-state index < -0.39 is 0 Å². The maximum Gasteiger partial charge on any atom is 0.120 e. The summed E-state index contributed by atoms with van der Waals surface area (Å²) in [6, 6.07) is 0. The van der Waals surface area contributed by atoms with Gasteiger partial charge >= 0.3 is 0 Å². The highest BCUT2D eigenvalue weighted by molar-refractivity contribution is 7.17. The zero-order valence-corrected chi connectivity index (χ0v) is 11.9. The van der Waals surface area contributed by atoms with Crippen LogP contribution in [0.1, 0.15) is 67.5 Å². The number of hydrogen-bond donors (Lipinski definition) is 1. The molecule has 2 aromatic rings. The minimum absolute atomic E-state index is 0.293. The number of imidazole rings is 1. The van der Waals surface area contributed by atoms with Gasteiger partial charge in [-0.1, -0.05) is 19.3 Å². The van der Waals surface area contributed by atoms with Gasteiger partial charge in [-0.25, -0.2) is 4.98 Å². The van der Waals surface area contributed by atoms with E-state index in [1.807, 2.05) is 23.9 Å². The summed E-state index contributed by atoms with van der Waals surface area (Å²) in [6.07, 6.45) is 12.3. The Labute approximate surface area is 117 Å². The van der Waals surface area contributed by atoms with Crippen LogP contribution >= 0.6 is 11.3 Å². The fourth-order valence-corrected chi connectivity index (χ4v) is 4.73. The summed E-state index contributed by atoms with van der Waals surface area (Å²) in [5.74, 6) is 1.16. The predicted molar refractivity (Wildman–Crippen MR) is 76.6 cm³/mol. The monoisotopic (exact) mass is 276 g/mol. The van der Waals surface area contributed by atoms with Gasteiger partial charge in [-0.15, -0.1) is 11.3 Å². The lowest BCUT2D eigenvalue weighted by atomic mass is 9.83. The zero-order chi connectivity index (χ0) is 12.8. The molecule has 4 rings (SSSR count). The Morgan fingerprint density at radius 2 is 2.00 bits per heavy atom. The number of aliphatic hydroxyl groups excluding tert-OH is 1. The molecule has 4 heteroatoms. The minimum Gasteiger partial charge on any atom is -0.387 e. The summed E-state index contributed by atoms with van der Waals surface area (Å²) >= 11 is 1.83. The van der Waals surface area contributed by atoms with Crippen LogP contribution in [0.25, 0.3) is 4.83 Å². The molecule has 0 radical (unpaired) electrons. The van der Waals surface area contributed by atoms with Gasteiger partial charge in [0.1, 0.15) is 11.2 Å². The van der Waals surface area contributed by atoms with E-state index >= 15 is 0 Å². The first-order valence-corrected chi connectivity index (χ1v) is 8.29. The second-order valence-corrected chi connectivity index (χ2v) is 7.13. The molecule has 0 aromatic carbocycles. The molecule has 19 heavy (non-hydrogen) atoms. The second kappa shape index (κ2) is 4.60. The molecule has 2 aliphatic rings. The molecule has 2 aliphatic carbocycles. The zero-order valence-electron chi connectivity index (χ0n) is 11.1. The summed E-state index contributed by atoms with van der Waals surface area (Å²) in [6.45, 7) is 0. The van der Waals surface area contributed by atoms with Gasteiger partial charge in [-0.2, -0.15) is 0 Å². The average molecular weight is 276 g/mol. The first kappa shape index (κ1) is 11.9. The number of aromatic nitrogens is 2. The van der Waals surface area contributed by atoms with Gasteiger partial charge in [0.25, 0.3) is 0 Å². The van der Waals surface area contributed by atoms with Crippen molar-refractivity contribution in [2.24, 2.45) is 5.92 Å². The number of aliphatic hydroxyl groups is 1. The molecule has 2 aromatic heterocycles. The number of hydrogen-bond acceptors (Lipinski definition) is 3. The topological polar surface area (TPSA) is 37.5 Å². The molecule has 0 spiro atoms. The molecular weight excluding hydrogens is 256 g/mol. The maximum atomic E-state index is 10.9. The van der Waals surface area contributed by atoms with E-state index in [2.05, 4.69) is 9.38 Å². The Balaban J connectivity index is 1.74. The molecule has 0 bridgehead atoms. The van der Waals surface area contributed by atoms with Gasteiger partial charge in [-0.05, 0) is 37.5 Å². The number of thiazole rings is 1. The van der Waals surface area contributed by atoms with Crippen LogP contribution in [0.3, 0.4) is 0 Å². The van der Waals surface area contributed by atoms with Gasteiger partial charge in [0.15, 0.2) is 0 Å². The molecule has 0 saturated heterocycles. The highest BCUT2D eigenvalue weighted by Crippen LogP contribution is 2.48. The fourth-order valence-electron chi connectivity index (χ4n) is 3.42. The van der Waals surface area contributed by atoms with E-state index in [0.29, 0.717) is 11.8 Å². The third kappa shape index (κ3) is 2.01. The first-order chi connectivity index (χ1) is 9.34. The van der Waals surface area contributed by atoms with Gasteiger partial charge in [0, 0.05) is 4.88 Å². The number of fused-ring (bicyclic) bond motifs is 1. The Morgan fingerprint density at radius 3 is 2.74 bits per heavy atom. The Hall–Kier alpha value is -0.870. The third-order valence-corrected chi connectivity index (χ3v) is 5.93. The van der Waals surface area contributed by atoms with Crippen molar-refractivity contribution in [2.75, 3.05) is 0 Å². The maximum absolute atomic E-state index is 10.9. The van der Waals surface area contributed by atoms with Crippen molar-refractivity contribution in [2.45, 2.75) is 57.0 Å². The molecule has 102 valence electrons. The van der Waals surface area contributed by atoms with Gasteiger partial charge in [0.2, 0.25) is 0 Å². The van der Waals surface area contributed by atoms with Crippen LogP contribution in [0.5, 0.6) is 0 Å². The molecule has 2 heterocycles. The Kier molecular flexibility index (Phi) is 2.88. The number of nitrogens with zero attached hydrogens (tertiary/aromatic N) is 2. The van der Waals surface area contributed by atoms with Crippen LogP contribution in [0, 0.1) is 5.92 Å². The Morgan fingerprint density at radius 1 is 1.21 bits per heavy atom. The highest BCUT2D eigenvalue weighted by atomic mass is 32.1. The Bertz CT molecular complexity index is 578. The van der Waals surface area contributed by atoms with E-state index in [1.165, 1.54) is 54.7 Å². The van der Waals surface area contributed by atoms with Crippen molar-refractivity contribution < 1.29 is 5.11 Å². The molecule has 2 saturated carbocycles. The normalized spacial score (nSPS) is 23.0. The molecule has 1 unspecified atom stereocenters. The van der Waals surface area contributed by atoms with Crippen LogP contribution in [0.4, 0.5) is 0 Å². The van der Waals surface area contributed by atoms with Crippen molar-refractivity contribution in [1.29, 1.82) is 0 Å². The van der Waals surface area contributed by atoms with E-state index in [9.17, 15) is 5.11 Å². The largest absolute Gasteiger partial charge is 0.387 e. The first-order valence-electron chi connectivity index (χ1n) is 7.47. The second-order valence-electron chi connectivity index (χ2n) is 6.07. The van der Waals surface area contributed by atoms with Crippen LogP contribution in [-0.2, 0) is 0 Å². The molecule has 0 amide bonds. The van der Waals surface area contributed by atoms with E-state index in [0.717, 1.165) is 5.69 Å². The molecule has 3 nitrogen and oxygen atoms in total. The predicted octanol–water partition coefficient (Wildman–Crippen LogP) is 3.89. The van der Waals surface area contributed by atoms with Crippen molar-refractivity contribution in [3.63, 3.8) is 0 Å². The van der Waals surface area contributed by atoms with Crippen LogP contribution in [0.15, 0.2) is 12.5 Å². The van der Waals surface area contributed by atoms with Crippen molar-refractivity contribution in [1.82, 2.24) is 9.38 Å². The van der Waals surface area contributed by atoms with Gasteiger partial charge in [0.05, 0.1) is 18.0 Å². The average Bonchev–Trinajstić information content (AvgIpc) is 3.08. The van der Waals surface area contributed by atoms with E-state index in [-0.39, 0.29) is 6.10 Å². The molecule has 2 fully saturated rings. The fraction of sp³-hybridized carbons (Fsp3) is 0.667. The molecular formula is C15H20N2OS. The highest BCUT2D eigenvalue weighted by Gasteiger charge is 2.34. The summed E-state index contributed by atoms with van der Waals surface area (Å²) in [4.78, 5) is 6.85. The van der Waals surface area contributed by atoms with E-state index in [4.69, 9.17) is 0 Å². The van der Waals surface area contributed by atoms with Crippen LogP contribution in [0.2, 0.25) is 0 Å². The molecule has 1 N–H and O–H groups in total. The van der Waals surface area contributed by atoms with Crippen molar-refractivity contribution in [3.05, 3.63) is 23.1 Å². The summed E-state index contributed by atoms with van der Waals surface area (Å²) in [5, 5.41) is 10.9. The SMILES string of the molecule is OC(c1c(C2CC2)sc2cncn12)C1CCCCC1. The standard InChI is InChI=1S/C15H20N2OS/c18-14(10-4-2-1-3-5-10)13-15(11-6-7-11)19-12-8-16-9-17(12)13/h8-11,14,18H,1-7H2. The van der Waals surface area contributed by atoms with E-state index in [1.54, 1.807) is 0 Å². The number of rotatable bonds is 3. The third-order valence-electron chi connectivity index (χ3n) is 4.66. The smallest absolute Gasteiger partial charge is 0.120 e. The quantitative estimate of drug-likeness (QED) is 0.923. The van der Waals surface area contributed by atoms with Crippen molar-refractivity contribution in [3.8, 4) is 0 Å². The van der Waals surface area contributed by atoms with Gasteiger partial charge in [-0.3, -0.25) is 4.40 Å². The van der Waals surface area contributed by atoms with Crippen molar-refractivity contribution >= 4 is 16.2 Å². The molecule has 0 aliphatic heterocycles. The van der Waals surface area contributed by atoms with Crippen LogP contribution < -0.4 is 0 Å². The van der Waals surface area contributed by atoms with Gasteiger partial charge < -0.3 is 5.11 Å².